The predicted octanol–water partition coefficient (Wildman–Crippen LogP) is 1.12. The largest absolute Gasteiger partial charge is 0.346 e. The summed E-state index contributed by atoms with van der Waals surface area (Å²) in [5.41, 5.74) is 1.80. The van der Waals surface area contributed by atoms with Gasteiger partial charge in [-0.05, 0) is 50.8 Å². The summed E-state index contributed by atoms with van der Waals surface area (Å²) in [4.78, 5) is 14.8. The van der Waals surface area contributed by atoms with E-state index >= 15 is 0 Å². The van der Waals surface area contributed by atoms with Crippen LogP contribution in [0.25, 0.3) is 0 Å². The molecule has 1 aliphatic carbocycles. The zero-order chi connectivity index (χ0) is 13.7. The van der Waals surface area contributed by atoms with Gasteiger partial charge in [-0.25, -0.2) is 0 Å². The first-order chi connectivity index (χ1) is 9.70. The smallest absolute Gasteiger partial charge is 0.272 e. The van der Waals surface area contributed by atoms with Crippen molar-refractivity contribution in [3.05, 3.63) is 17.5 Å². The number of piperidine rings is 3. The summed E-state index contributed by atoms with van der Waals surface area (Å²) in [6, 6.07) is 2.30. The second kappa shape index (κ2) is 4.58. The first-order valence-electron chi connectivity index (χ1n) is 7.78. The van der Waals surface area contributed by atoms with E-state index < -0.39 is 0 Å². The molecule has 0 spiro atoms. The Morgan fingerprint density at radius 3 is 2.65 bits per heavy atom. The van der Waals surface area contributed by atoms with Crippen LogP contribution >= 0.6 is 0 Å². The fraction of sp³-hybridized carbons (Fsp3) is 0.733. The fourth-order valence-electron chi connectivity index (χ4n) is 3.72. The van der Waals surface area contributed by atoms with Crippen LogP contribution in [-0.4, -0.2) is 46.3 Å². The lowest BCUT2D eigenvalue weighted by Gasteiger charge is -2.44. The van der Waals surface area contributed by atoms with Gasteiger partial charge >= 0.3 is 0 Å². The third-order valence-electron chi connectivity index (χ3n) is 5.12. The van der Waals surface area contributed by atoms with Crippen LogP contribution < -0.4 is 5.32 Å². The Morgan fingerprint density at radius 2 is 2.05 bits per heavy atom. The maximum atomic E-state index is 12.4. The number of aromatic nitrogens is 2. The van der Waals surface area contributed by atoms with Crippen LogP contribution in [0, 0.1) is 5.92 Å². The minimum atomic E-state index is 0.00579. The molecule has 1 amide bonds. The van der Waals surface area contributed by atoms with Crippen molar-refractivity contribution in [3.8, 4) is 0 Å². The molecule has 108 valence electrons. The van der Waals surface area contributed by atoms with Gasteiger partial charge in [-0.3, -0.25) is 9.48 Å². The molecule has 1 saturated carbocycles. The van der Waals surface area contributed by atoms with Crippen LogP contribution in [0.5, 0.6) is 0 Å². The quantitative estimate of drug-likeness (QED) is 0.898. The topological polar surface area (TPSA) is 50.2 Å². The Bertz CT molecular complexity index is 526. The average Bonchev–Trinajstić information content (AvgIpc) is 3.23. The second-order valence-corrected chi connectivity index (χ2v) is 6.57. The molecule has 1 atom stereocenters. The summed E-state index contributed by atoms with van der Waals surface area (Å²) in [6.07, 6.45) is 4.92. The van der Waals surface area contributed by atoms with Crippen LogP contribution in [0.15, 0.2) is 6.07 Å². The molecule has 1 aromatic heterocycles. The summed E-state index contributed by atoms with van der Waals surface area (Å²) in [5, 5.41) is 7.60. The molecule has 4 fully saturated rings. The van der Waals surface area contributed by atoms with Crippen molar-refractivity contribution in [1.29, 1.82) is 0 Å². The molecule has 1 N–H and O–H groups in total. The second-order valence-electron chi connectivity index (χ2n) is 6.57. The zero-order valence-corrected chi connectivity index (χ0v) is 12.0. The Balaban J connectivity index is 1.46. The van der Waals surface area contributed by atoms with E-state index in [0.717, 1.165) is 6.54 Å². The maximum absolute atomic E-state index is 12.4. The first kappa shape index (κ1) is 12.4. The minimum absolute atomic E-state index is 0.00579. The molecule has 2 bridgehead atoms. The summed E-state index contributed by atoms with van der Waals surface area (Å²) in [5.74, 6) is 1.30. The number of hydrogen-bond acceptors (Lipinski definition) is 3. The number of rotatable bonds is 3. The van der Waals surface area contributed by atoms with Gasteiger partial charge in [-0.1, -0.05) is 0 Å². The molecule has 3 aliphatic heterocycles. The molecule has 3 saturated heterocycles. The number of amides is 1. The van der Waals surface area contributed by atoms with Gasteiger partial charge in [-0.2, -0.15) is 5.10 Å². The van der Waals surface area contributed by atoms with E-state index in [0.29, 0.717) is 23.6 Å². The van der Waals surface area contributed by atoms with Gasteiger partial charge in [0.2, 0.25) is 0 Å². The number of nitrogens with zero attached hydrogens (tertiary/aromatic N) is 3. The molecule has 0 radical (unpaired) electrons. The standard InChI is InChI=1S/C15H22N4O/c1-18-14(11-2-3-11)8-12(17-18)15(20)16-13-9-19-6-4-10(13)5-7-19/h8,10-11,13H,2-7,9H2,1H3,(H,16,20). The van der Waals surface area contributed by atoms with E-state index in [9.17, 15) is 4.79 Å². The van der Waals surface area contributed by atoms with Gasteiger partial charge in [0.15, 0.2) is 0 Å². The zero-order valence-electron chi connectivity index (χ0n) is 12.0. The third-order valence-corrected chi connectivity index (χ3v) is 5.12. The molecule has 5 rings (SSSR count). The van der Waals surface area contributed by atoms with Crippen LogP contribution in [0.1, 0.15) is 47.8 Å². The van der Waals surface area contributed by atoms with Crippen molar-refractivity contribution < 1.29 is 4.79 Å². The Kier molecular flexibility index (Phi) is 2.84. The molecule has 1 unspecified atom stereocenters. The third kappa shape index (κ3) is 2.14. The van der Waals surface area contributed by atoms with E-state index in [1.54, 1.807) is 0 Å². The number of aryl methyl sites for hydroxylation is 1. The van der Waals surface area contributed by atoms with E-state index in [2.05, 4.69) is 15.3 Å². The SMILES string of the molecule is Cn1nc(C(=O)NC2CN3CCC2CC3)cc1C1CC1. The molecule has 20 heavy (non-hydrogen) atoms. The number of nitrogens with one attached hydrogen (secondary N) is 1. The van der Waals surface area contributed by atoms with Crippen LogP contribution in [0.3, 0.4) is 0 Å². The van der Waals surface area contributed by atoms with Gasteiger partial charge in [0, 0.05) is 31.2 Å². The first-order valence-corrected chi connectivity index (χ1v) is 7.78. The average molecular weight is 274 g/mol. The highest BCUT2D eigenvalue weighted by Crippen LogP contribution is 2.40. The maximum Gasteiger partial charge on any atom is 0.272 e. The molecule has 1 aromatic rings. The van der Waals surface area contributed by atoms with Crippen LogP contribution in [-0.2, 0) is 7.05 Å². The van der Waals surface area contributed by atoms with Crippen LogP contribution in [0.4, 0.5) is 0 Å². The molecular formula is C15H22N4O. The van der Waals surface area contributed by atoms with Gasteiger partial charge in [0.25, 0.3) is 5.91 Å². The molecule has 4 aliphatic rings. The van der Waals surface area contributed by atoms with Crippen molar-refractivity contribution >= 4 is 5.91 Å². The number of fused-ring (bicyclic) bond motifs is 3. The highest BCUT2D eigenvalue weighted by atomic mass is 16.2. The van der Waals surface area contributed by atoms with Crippen LogP contribution in [0.2, 0.25) is 0 Å². The van der Waals surface area contributed by atoms with Crippen molar-refractivity contribution in [2.45, 2.75) is 37.6 Å². The van der Waals surface area contributed by atoms with E-state index in [1.807, 2.05) is 17.8 Å². The van der Waals surface area contributed by atoms with Gasteiger partial charge in [0.05, 0.1) is 0 Å². The van der Waals surface area contributed by atoms with Crippen molar-refractivity contribution in [1.82, 2.24) is 20.0 Å². The fourth-order valence-corrected chi connectivity index (χ4v) is 3.72. The monoisotopic (exact) mass is 274 g/mol. The van der Waals surface area contributed by atoms with E-state index in [-0.39, 0.29) is 5.91 Å². The molecule has 5 nitrogen and oxygen atoms in total. The number of carbonyl (C=O) groups excluding carboxylic acids is 1. The highest BCUT2D eigenvalue weighted by molar-refractivity contribution is 5.92. The van der Waals surface area contributed by atoms with Gasteiger partial charge in [-0.15, -0.1) is 0 Å². The highest BCUT2D eigenvalue weighted by Gasteiger charge is 2.35. The number of carbonyl (C=O) groups is 1. The Morgan fingerprint density at radius 1 is 1.30 bits per heavy atom. The summed E-state index contributed by atoms with van der Waals surface area (Å²) >= 11 is 0. The normalized spacial score (nSPS) is 32.4. The van der Waals surface area contributed by atoms with Crippen molar-refractivity contribution in [2.24, 2.45) is 13.0 Å². The molecular weight excluding hydrogens is 252 g/mol. The predicted molar refractivity (Wildman–Crippen MR) is 75.6 cm³/mol. The number of hydrogen-bond donors (Lipinski definition) is 1. The lowest BCUT2D eigenvalue weighted by Crippen LogP contribution is -2.57. The Hall–Kier alpha value is -1.36. The molecule has 4 heterocycles. The molecule has 5 heteroatoms. The van der Waals surface area contributed by atoms with Gasteiger partial charge < -0.3 is 10.2 Å². The summed E-state index contributed by atoms with van der Waals surface area (Å²) in [7, 11) is 1.94. The Labute approximate surface area is 119 Å². The van der Waals surface area contributed by atoms with E-state index in [4.69, 9.17) is 0 Å². The lowest BCUT2D eigenvalue weighted by atomic mass is 9.84. The summed E-state index contributed by atoms with van der Waals surface area (Å²) < 4.78 is 1.88. The lowest BCUT2D eigenvalue weighted by molar-refractivity contribution is 0.0617. The van der Waals surface area contributed by atoms with Crippen molar-refractivity contribution in [2.75, 3.05) is 19.6 Å². The minimum Gasteiger partial charge on any atom is -0.346 e. The summed E-state index contributed by atoms with van der Waals surface area (Å²) in [6.45, 7) is 3.41. The van der Waals surface area contributed by atoms with Crippen molar-refractivity contribution in [3.63, 3.8) is 0 Å². The van der Waals surface area contributed by atoms with Gasteiger partial charge in [0.1, 0.15) is 5.69 Å². The molecule has 0 aromatic carbocycles. The van der Waals surface area contributed by atoms with E-state index in [1.165, 1.54) is 44.5 Å².